The SMILES string of the molecule is Cc1ccc(O)c(NC(=S)NC2CCCCC2)n1. The molecule has 18 heavy (non-hydrogen) atoms. The molecule has 0 atom stereocenters. The van der Waals surface area contributed by atoms with Crippen LogP contribution in [0.4, 0.5) is 5.82 Å². The van der Waals surface area contributed by atoms with Crippen molar-refractivity contribution in [2.45, 2.75) is 45.1 Å². The van der Waals surface area contributed by atoms with Crippen LogP contribution in [0.3, 0.4) is 0 Å². The average Bonchev–Trinajstić information content (AvgIpc) is 2.35. The standard InChI is InChI=1S/C13H19N3OS/c1-9-7-8-11(17)12(14-9)16-13(18)15-10-5-3-2-4-6-10/h7-8,10,17H,2-6H2,1H3,(H2,14,15,16,18). The number of hydrogen-bond donors (Lipinski definition) is 3. The Morgan fingerprint density at radius 2 is 2.06 bits per heavy atom. The molecule has 1 heterocycles. The van der Waals surface area contributed by atoms with E-state index in [1.165, 1.54) is 19.3 Å². The lowest BCUT2D eigenvalue weighted by Crippen LogP contribution is -2.39. The molecule has 3 N–H and O–H groups in total. The predicted molar refractivity (Wildman–Crippen MR) is 76.9 cm³/mol. The van der Waals surface area contributed by atoms with Gasteiger partial charge >= 0.3 is 0 Å². The molecule has 0 aromatic carbocycles. The van der Waals surface area contributed by atoms with Gasteiger partial charge in [-0.15, -0.1) is 0 Å². The van der Waals surface area contributed by atoms with E-state index < -0.39 is 0 Å². The minimum atomic E-state index is 0.119. The van der Waals surface area contributed by atoms with Crippen molar-refractivity contribution < 1.29 is 5.11 Å². The number of pyridine rings is 1. The lowest BCUT2D eigenvalue weighted by Gasteiger charge is -2.24. The minimum Gasteiger partial charge on any atom is -0.504 e. The normalized spacial score (nSPS) is 16.3. The smallest absolute Gasteiger partial charge is 0.174 e. The summed E-state index contributed by atoms with van der Waals surface area (Å²) in [5.41, 5.74) is 0.843. The number of thiocarbonyl (C=S) groups is 1. The van der Waals surface area contributed by atoms with Gasteiger partial charge in [-0.25, -0.2) is 4.98 Å². The van der Waals surface area contributed by atoms with Crippen LogP contribution in [-0.2, 0) is 0 Å². The van der Waals surface area contributed by atoms with Crippen LogP contribution in [0, 0.1) is 6.92 Å². The van der Waals surface area contributed by atoms with Gasteiger partial charge in [0.15, 0.2) is 16.7 Å². The highest BCUT2D eigenvalue weighted by atomic mass is 32.1. The van der Waals surface area contributed by atoms with E-state index in [2.05, 4.69) is 15.6 Å². The van der Waals surface area contributed by atoms with E-state index in [4.69, 9.17) is 12.2 Å². The molecule has 1 aromatic heterocycles. The van der Waals surface area contributed by atoms with Crippen LogP contribution in [0.2, 0.25) is 0 Å². The summed E-state index contributed by atoms with van der Waals surface area (Å²) in [6, 6.07) is 3.83. The summed E-state index contributed by atoms with van der Waals surface area (Å²) in [6.07, 6.45) is 6.16. The Labute approximate surface area is 113 Å². The molecule has 1 saturated carbocycles. The Bertz CT molecular complexity index is 430. The molecule has 1 aliphatic rings. The van der Waals surface area contributed by atoms with Crippen molar-refractivity contribution in [2.75, 3.05) is 5.32 Å². The molecule has 1 aromatic rings. The Morgan fingerprint density at radius 3 is 2.78 bits per heavy atom. The summed E-state index contributed by atoms with van der Waals surface area (Å²) < 4.78 is 0. The van der Waals surface area contributed by atoms with Crippen LogP contribution in [0.25, 0.3) is 0 Å². The third-order valence-corrected chi connectivity index (χ3v) is 3.41. The fourth-order valence-corrected chi connectivity index (χ4v) is 2.48. The van der Waals surface area contributed by atoms with Gasteiger partial charge in [-0.2, -0.15) is 0 Å². The molecule has 4 nitrogen and oxygen atoms in total. The molecule has 0 radical (unpaired) electrons. The van der Waals surface area contributed by atoms with Crippen molar-refractivity contribution in [3.05, 3.63) is 17.8 Å². The van der Waals surface area contributed by atoms with Gasteiger partial charge < -0.3 is 15.7 Å². The highest BCUT2D eigenvalue weighted by molar-refractivity contribution is 7.80. The van der Waals surface area contributed by atoms with Crippen molar-refractivity contribution in [3.8, 4) is 5.75 Å². The first-order chi connectivity index (χ1) is 8.65. The second kappa shape index (κ2) is 6.00. The maximum Gasteiger partial charge on any atom is 0.174 e. The number of aromatic nitrogens is 1. The average molecular weight is 265 g/mol. The zero-order valence-corrected chi connectivity index (χ0v) is 11.4. The Morgan fingerprint density at radius 1 is 1.33 bits per heavy atom. The highest BCUT2D eigenvalue weighted by Crippen LogP contribution is 2.21. The Balaban J connectivity index is 1.92. The molecular weight excluding hydrogens is 246 g/mol. The molecular formula is C13H19N3OS. The van der Waals surface area contributed by atoms with Gasteiger partial charge in [0.2, 0.25) is 0 Å². The first-order valence-corrected chi connectivity index (χ1v) is 6.80. The van der Waals surface area contributed by atoms with E-state index in [1.54, 1.807) is 12.1 Å². The van der Waals surface area contributed by atoms with E-state index >= 15 is 0 Å². The molecule has 98 valence electrons. The quantitative estimate of drug-likeness (QED) is 0.718. The highest BCUT2D eigenvalue weighted by Gasteiger charge is 2.14. The minimum absolute atomic E-state index is 0.119. The van der Waals surface area contributed by atoms with E-state index in [9.17, 15) is 5.11 Å². The van der Waals surface area contributed by atoms with Gasteiger partial charge in [-0.3, -0.25) is 0 Å². The van der Waals surface area contributed by atoms with Crippen LogP contribution in [0.1, 0.15) is 37.8 Å². The number of aryl methyl sites for hydroxylation is 1. The van der Waals surface area contributed by atoms with E-state index in [1.807, 2.05) is 6.92 Å². The van der Waals surface area contributed by atoms with Crippen LogP contribution < -0.4 is 10.6 Å². The van der Waals surface area contributed by atoms with Crippen LogP contribution in [-0.4, -0.2) is 21.2 Å². The van der Waals surface area contributed by atoms with Crippen LogP contribution in [0.15, 0.2) is 12.1 Å². The van der Waals surface area contributed by atoms with Gasteiger partial charge in [-0.05, 0) is 44.1 Å². The number of nitrogens with one attached hydrogen (secondary N) is 2. The topological polar surface area (TPSA) is 57.2 Å². The molecule has 2 rings (SSSR count). The molecule has 0 unspecified atom stereocenters. The van der Waals surface area contributed by atoms with E-state index in [0.29, 0.717) is 17.0 Å². The summed E-state index contributed by atoms with van der Waals surface area (Å²) in [4.78, 5) is 4.22. The second-order valence-corrected chi connectivity index (χ2v) is 5.16. The Kier molecular flexibility index (Phi) is 4.36. The third-order valence-electron chi connectivity index (χ3n) is 3.19. The fourth-order valence-electron chi connectivity index (χ4n) is 2.22. The van der Waals surface area contributed by atoms with Crippen molar-refractivity contribution in [1.29, 1.82) is 0 Å². The maximum atomic E-state index is 9.68. The summed E-state index contributed by atoms with van der Waals surface area (Å²) >= 11 is 5.25. The van der Waals surface area contributed by atoms with Gasteiger partial charge in [-0.1, -0.05) is 19.3 Å². The summed E-state index contributed by atoms with van der Waals surface area (Å²) in [6.45, 7) is 1.88. The molecule has 0 saturated heterocycles. The summed E-state index contributed by atoms with van der Waals surface area (Å²) in [5, 5.41) is 16.5. The Hall–Kier alpha value is -1.36. The molecule has 0 spiro atoms. The number of anilines is 1. The predicted octanol–water partition coefficient (Wildman–Crippen LogP) is 2.71. The molecule has 1 fully saturated rings. The summed E-state index contributed by atoms with van der Waals surface area (Å²) in [7, 11) is 0. The molecule has 1 aliphatic carbocycles. The number of hydrogen-bond acceptors (Lipinski definition) is 3. The van der Waals surface area contributed by atoms with Crippen LogP contribution in [0.5, 0.6) is 5.75 Å². The lowest BCUT2D eigenvalue weighted by molar-refractivity contribution is 0.414. The van der Waals surface area contributed by atoms with Gasteiger partial charge in [0.1, 0.15) is 0 Å². The van der Waals surface area contributed by atoms with E-state index in [0.717, 1.165) is 18.5 Å². The van der Waals surface area contributed by atoms with Crippen molar-refractivity contribution in [3.63, 3.8) is 0 Å². The van der Waals surface area contributed by atoms with Gasteiger partial charge in [0.25, 0.3) is 0 Å². The van der Waals surface area contributed by atoms with Crippen molar-refractivity contribution in [2.24, 2.45) is 0 Å². The number of aromatic hydroxyl groups is 1. The summed E-state index contributed by atoms with van der Waals surface area (Å²) in [5.74, 6) is 0.539. The molecule has 0 aliphatic heterocycles. The van der Waals surface area contributed by atoms with Gasteiger partial charge in [0.05, 0.1) is 0 Å². The fraction of sp³-hybridized carbons (Fsp3) is 0.538. The zero-order chi connectivity index (χ0) is 13.0. The maximum absolute atomic E-state index is 9.68. The molecule has 5 heteroatoms. The van der Waals surface area contributed by atoms with Gasteiger partial charge in [0, 0.05) is 11.7 Å². The number of nitrogens with zero attached hydrogens (tertiary/aromatic N) is 1. The molecule has 0 amide bonds. The number of rotatable bonds is 2. The zero-order valence-electron chi connectivity index (χ0n) is 10.6. The largest absolute Gasteiger partial charge is 0.504 e. The lowest BCUT2D eigenvalue weighted by atomic mass is 9.96. The van der Waals surface area contributed by atoms with Crippen molar-refractivity contribution in [1.82, 2.24) is 10.3 Å². The first-order valence-electron chi connectivity index (χ1n) is 6.39. The van der Waals surface area contributed by atoms with Crippen molar-refractivity contribution >= 4 is 23.1 Å². The first kappa shape index (κ1) is 13.1. The van der Waals surface area contributed by atoms with E-state index in [-0.39, 0.29) is 5.75 Å². The monoisotopic (exact) mass is 265 g/mol. The molecule has 0 bridgehead atoms. The third kappa shape index (κ3) is 3.57. The van der Waals surface area contributed by atoms with Crippen LogP contribution >= 0.6 is 12.2 Å². The second-order valence-electron chi connectivity index (χ2n) is 4.75.